The van der Waals surface area contributed by atoms with Gasteiger partial charge in [-0.1, -0.05) is 23.7 Å². The van der Waals surface area contributed by atoms with Crippen molar-refractivity contribution in [2.75, 3.05) is 0 Å². The third kappa shape index (κ3) is 6.00. The van der Waals surface area contributed by atoms with Crippen LogP contribution in [-0.2, 0) is 0 Å². The Morgan fingerprint density at radius 3 is 1.61 bits per heavy atom. The van der Waals surface area contributed by atoms with Gasteiger partial charge in [0.25, 0.3) is 11.8 Å². The first-order valence-electron chi connectivity index (χ1n) is 9.13. The quantitative estimate of drug-likeness (QED) is 0.455. The minimum absolute atomic E-state index is 0.0688. The first kappa shape index (κ1) is 21.7. The summed E-state index contributed by atoms with van der Waals surface area (Å²) in [6.45, 7) is 3.41. The fourth-order valence-corrected chi connectivity index (χ4v) is 2.59. The van der Waals surface area contributed by atoms with Crippen LogP contribution in [0.15, 0.2) is 71.1 Å². The number of carbonyl (C=O) groups excluding carboxylic acids is 2. The average molecular weight is 436 g/mol. The van der Waals surface area contributed by atoms with Crippen LogP contribution in [0.1, 0.15) is 46.2 Å². The molecule has 2 N–H and O–H groups in total. The molecule has 156 valence electrons. The van der Waals surface area contributed by atoms with Crippen LogP contribution in [0.25, 0.3) is 0 Å². The SMILES string of the molecule is C/C(=N\NC(=O)c1cc(Cl)cc(C(=O)N/N=C(\C)c2ccccn2)n1)c1ccccn1. The third-order valence-corrected chi connectivity index (χ3v) is 4.20. The lowest BCUT2D eigenvalue weighted by atomic mass is 10.2. The van der Waals surface area contributed by atoms with E-state index < -0.39 is 11.8 Å². The molecule has 0 saturated carbocycles. The fourth-order valence-electron chi connectivity index (χ4n) is 2.38. The Morgan fingerprint density at radius 2 is 1.23 bits per heavy atom. The Balaban J connectivity index is 1.72. The number of halogens is 1. The van der Waals surface area contributed by atoms with Crippen LogP contribution in [0.4, 0.5) is 0 Å². The molecule has 0 aliphatic heterocycles. The number of aromatic nitrogens is 3. The minimum Gasteiger partial charge on any atom is -0.266 e. The molecule has 31 heavy (non-hydrogen) atoms. The van der Waals surface area contributed by atoms with Gasteiger partial charge in [0.15, 0.2) is 0 Å². The Bertz CT molecular complexity index is 1060. The van der Waals surface area contributed by atoms with E-state index in [0.29, 0.717) is 22.8 Å². The zero-order valence-corrected chi connectivity index (χ0v) is 17.5. The van der Waals surface area contributed by atoms with Crippen LogP contribution in [0.3, 0.4) is 0 Å². The van der Waals surface area contributed by atoms with E-state index in [1.807, 2.05) is 12.1 Å². The monoisotopic (exact) mass is 435 g/mol. The Kier molecular flexibility index (Phi) is 7.13. The largest absolute Gasteiger partial charge is 0.290 e. The van der Waals surface area contributed by atoms with Crippen molar-refractivity contribution < 1.29 is 9.59 Å². The number of nitrogens with zero attached hydrogens (tertiary/aromatic N) is 5. The molecular formula is C21H18ClN7O2. The summed E-state index contributed by atoms with van der Waals surface area (Å²) in [6, 6.07) is 13.4. The Labute approximate surface area is 183 Å². The second-order valence-electron chi connectivity index (χ2n) is 6.26. The highest BCUT2D eigenvalue weighted by Gasteiger charge is 2.15. The van der Waals surface area contributed by atoms with Gasteiger partial charge in [-0.05, 0) is 50.2 Å². The van der Waals surface area contributed by atoms with Gasteiger partial charge in [0, 0.05) is 17.4 Å². The molecule has 9 nitrogen and oxygen atoms in total. The first-order valence-corrected chi connectivity index (χ1v) is 9.51. The van der Waals surface area contributed by atoms with Crippen molar-refractivity contribution in [1.29, 1.82) is 0 Å². The molecular weight excluding hydrogens is 418 g/mol. The highest BCUT2D eigenvalue weighted by atomic mass is 35.5. The van der Waals surface area contributed by atoms with E-state index in [-0.39, 0.29) is 16.4 Å². The smallest absolute Gasteiger partial charge is 0.266 e. The summed E-state index contributed by atoms with van der Waals surface area (Å²) in [6.07, 6.45) is 3.25. The van der Waals surface area contributed by atoms with E-state index in [1.54, 1.807) is 50.5 Å². The third-order valence-electron chi connectivity index (χ3n) is 3.98. The van der Waals surface area contributed by atoms with Crippen LogP contribution in [0.5, 0.6) is 0 Å². The van der Waals surface area contributed by atoms with Gasteiger partial charge in [0.1, 0.15) is 11.4 Å². The van der Waals surface area contributed by atoms with E-state index in [4.69, 9.17) is 11.6 Å². The van der Waals surface area contributed by atoms with Crippen molar-refractivity contribution in [3.05, 3.63) is 88.7 Å². The molecule has 0 aliphatic rings. The summed E-state index contributed by atoms with van der Waals surface area (Å²) in [4.78, 5) is 37.2. The zero-order valence-electron chi connectivity index (χ0n) is 16.7. The average Bonchev–Trinajstić information content (AvgIpc) is 2.81. The van der Waals surface area contributed by atoms with Crippen LogP contribution < -0.4 is 10.9 Å². The van der Waals surface area contributed by atoms with Gasteiger partial charge in [0.05, 0.1) is 22.8 Å². The number of pyridine rings is 3. The van der Waals surface area contributed by atoms with Crippen LogP contribution in [0, 0.1) is 0 Å². The van der Waals surface area contributed by atoms with Gasteiger partial charge in [-0.3, -0.25) is 19.6 Å². The maximum Gasteiger partial charge on any atom is 0.290 e. The summed E-state index contributed by atoms with van der Waals surface area (Å²) in [5.74, 6) is -1.25. The summed E-state index contributed by atoms with van der Waals surface area (Å²) in [7, 11) is 0. The van der Waals surface area contributed by atoms with Gasteiger partial charge in [-0.25, -0.2) is 15.8 Å². The van der Waals surface area contributed by atoms with Crippen molar-refractivity contribution in [2.24, 2.45) is 10.2 Å². The van der Waals surface area contributed by atoms with Gasteiger partial charge < -0.3 is 0 Å². The predicted octanol–water partition coefficient (Wildman–Crippen LogP) is 2.83. The summed E-state index contributed by atoms with van der Waals surface area (Å²) < 4.78 is 0. The number of hydrazone groups is 2. The number of hydrogen-bond acceptors (Lipinski definition) is 7. The first-order chi connectivity index (χ1) is 14.9. The minimum atomic E-state index is -0.625. The fraction of sp³-hybridized carbons (Fsp3) is 0.0952. The highest BCUT2D eigenvalue weighted by molar-refractivity contribution is 6.31. The molecule has 3 heterocycles. The maximum atomic E-state index is 12.4. The van der Waals surface area contributed by atoms with E-state index in [1.165, 1.54) is 12.1 Å². The molecule has 0 fully saturated rings. The van der Waals surface area contributed by atoms with Crippen molar-refractivity contribution >= 4 is 34.8 Å². The molecule has 10 heteroatoms. The van der Waals surface area contributed by atoms with Gasteiger partial charge in [0.2, 0.25) is 0 Å². The topological polar surface area (TPSA) is 122 Å². The zero-order chi connectivity index (χ0) is 22.2. The van der Waals surface area contributed by atoms with Gasteiger partial charge >= 0.3 is 0 Å². The molecule has 0 unspecified atom stereocenters. The van der Waals surface area contributed by atoms with E-state index in [0.717, 1.165) is 0 Å². The second kappa shape index (κ2) is 10.2. The van der Waals surface area contributed by atoms with Crippen molar-refractivity contribution in [3.8, 4) is 0 Å². The molecule has 2 amide bonds. The van der Waals surface area contributed by atoms with Gasteiger partial charge in [-0.2, -0.15) is 10.2 Å². The van der Waals surface area contributed by atoms with Crippen LogP contribution in [0.2, 0.25) is 5.02 Å². The molecule has 0 radical (unpaired) electrons. The second-order valence-corrected chi connectivity index (χ2v) is 6.70. The van der Waals surface area contributed by atoms with E-state index in [9.17, 15) is 9.59 Å². The molecule has 0 saturated heterocycles. The van der Waals surface area contributed by atoms with Gasteiger partial charge in [-0.15, -0.1) is 0 Å². The number of hydrogen-bond donors (Lipinski definition) is 2. The highest BCUT2D eigenvalue weighted by Crippen LogP contribution is 2.12. The van der Waals surface area contributed by atoms with Crippen molar-refractivity contribution in [1.82, 2.24) is 25.8 Å². The maximum absolute atomic E-state index is 12.4. The van der Waals surface area contributed by atoms with Crippen LogP contribution >= 0.6 is 11.6 Å². The predicted molar refractivity (Wildman–Crippen MR) is 117 cm³/mol. The lowest BCUT2D eigenvalue weighted by Gasteiger charge is -2.06. The molecule has 0 bridgehead atoms. The molecule has 3 aromatic rings. The lowest BCUT2D eigenvalue weighted by molar-refractivity contribution is 0.0945. The van der Waals surface area contributed by atoms with Crippen LogP contribution in [-0.4, -0.2) is 38.2 Å². The number of rotatable bonds is 6. The molecule has 0 spiro atoms. The Hall–Kier alpha value is -3.98. The summed E-state index contributed by atoms with van der Waals surface area (Å²) in [5, 5.41) is 8.19. The normalized spacial score (nSPS) is 11.7. The van der Waals surface area contributed by atoms with E-state index in [2.05, 4.69) is 36.0 Å². The standard InChI is InChI=1S/C21H18ClN7O2/c1-13(16-7-3-5-9-23-16)26-28-20(30)18-11-15(22)12-19(25-18)21(31)29-27-14(2)17-8-4-6-10-24-17/h3-12H,1-2H3,(H,28,30)(H,29,31)/b26-13+,27-14+. The number of amides is 2. The van der Waals surface area contributed by atoms with Crippen molar-refractivity contribution in [3.63, 3.8) is 0 Å². The molecule has 0 aliphatic carbocycles. The van der Waals surface area contributed by atoms with E-state index >= 15 is 0 Å². The summed E-state index contributed by atoms with van der Waals surface area (Å²) in [5.41, 5.74) is 6.87. The van der Waals surface area contributed by atoms with Crippen molar-refractivity contribution in [2.45, 2.75) is 13.8 Å². The lowest BCUT2D eigenvalue weighted by Crippen LogP contribution is -2.24. The molecule has 0 atom stereocenters. The summed E-state index contributed by atoms with van der Waals surface area (Å²) >= 11 is 6.06. The Morgan fingerprint density at radius 1 is 0.774 bits per heavy atom. The molecule has 0 aromatic carbocycles. The molecule has 3 rings (SSSR count). The number of carbonyl (C=O) groups is 2. The molecule has 3 aromatic heterocycles. The number of nitrogens with one attached hydrogen (secondary N) is 2.